The van der Waals surface area contributed by atoms with Gasteiger partial charge in [-0.1, -0.05) is 6.42 Å². The van der Waals surface area contributed by atoms with Gasteiger partial charge in [0.25, 0.3) is 0 Å². The second-order valence-corrected chi connectivity index (χ2v) is 9.92. The molecule has 0 bridgehead atoms. The summed E-state index contributed by atoms with van der Waals surface area (Å²) >= 11 is 0. The van der Waals surface area contributed by atoms with Crippen molar-refractivity contribution in [2.75, 3.05) is 38.7 Å². The van der Waals surface area contributed by atoms with Crippen molar-refractivity contribution < 1.29 is 9.47 Å². The number of likely N-dealkylation sites (tertiary alicyclic amines) is 1. The summed E-state index contributed by atoms with van der Waals surface area (Å²) in [5.74, 6) is 2.05. The number of nitrogens with zero attached hydrogens (tertiary/aromatic N) is 4. The van der Waals surface area contributed by atoms with Gasteiger partial charge in [-0.2, -0.15) is 5.26 Å². The van der Waals surface area contributed by atoms with Gasteiger partial charge in [0, 0.05) is 29.2 Å². The highest BCUT2D eigenvalue weighted by Crippen LogP contribution is 2.35. The lowest BCUT2D eigenvalue weighted by molar-refractivity contribution is 0.0679. The van der Waals surface area contributed by atoms with Crippen LogP contribution in [0.25, 0.3) is 10.9 Å². The Balaban J connectivity index is 1.23. The molecule has 2 aromatic carbocycles. The zero-order valence-corrected chi connectivity index (χ0v) is 21.6. The van der Waals surface area contributed by atoms with Gasteiger partial charge in [-0.3, -0.25) is 4.90 Å². The summed E-state index contributed by atoms with van der Waals surface area (Å²) < 4.78 is 11.9. The van der Waals surface area contributed by atoms with E-state index in [9.17, 15) is 0 Å². The number of methoxy groups -OCH3 is 1. The monoisotopic (exact) mass is 500 g/mol. The van der Waals surface area contributed by atoms with Crippen molar-refractivity contribution in [2.24, 2.45) is 0 Å². The van der Waals surface area contributed by atoms with Crippen molar-refractivity contribution in [3.63, 3.8) is 0 Å². The van der Waals surface area contributed by atoms with Crippen LogP contribution in [0, 0.1) is 11.3 Å². The first-order valence-electron chi connectivity index (χ1n) is 13.4. The molecular weight excluding hydrogens is 464 g/mol. The highest BCUT2D eigenvalue weighted by atomic mass is 16.5. The number of rotatable bonds is 9. The molecule has 5 rings (SSSR count). The predicted octanol–water partition coefficient (Wildman–Crippen LogP) is 5.02. The number of hydrogen-bond acceptors (Lipinski definition) is 8. The highest BCUT2D eigenvalue weighted by molar-refractivity contribution is 5.93. The van der Waals surface area contributed by atoms with Gasteiger partial charge in [0.1, 0.15) is 12.1 Å². The van der Waals surface area contributed by atoms with Crippen LogP contribution in [0.4, 0.5) is 11.5 Å². The lowest BCUT2D eigenvalue weighted by Gasteiger charge is -2.43. The van der Waals surface area contributed by atoms with Crippen LogP contribution in [0.3, 0.4) is 0 Å². The Morgan fingerprint density at radius 2 is 1.92 bits per heavy atom. The largest absolute Gasteiger partial charge is 0.493 e. The standard InChI is InChI=1S/C29H36N6O2/c1-36-27-17-25-26(32-20-33-29(25)34-22-9-7-21(19-30)8-10-22)18-28(27)37-16-4-6-23-5-2-3-15-35(23)24-11-13-31-14-12-24/h7-10,17-18,20,23-24,31H,2-6,11-16H2,1H3,(H,32,33,34). The lowest BCUT2D eigenvalue weighted by Crippen LogP contribution is -2.50. The fourth-order valence-electron chi connectivity index (χ4n) is 5.65. The summed E-state index contributed by atoms with van der Waals surface area (Å²) in [4.78, 5) is 11.7. The Morgan fingerprint density at radius 3 is 2.70 bits per heavy atom. The third-order valence-electron chi connectivity index (χ3n) is 7.59. The number of benzene rings is 2. The molecule has 1 unspecified atom stereocenters. The average molecular weight is 501 g/mol. The zero-order valence-electron chi connectivity index (χ0n) is 21.6. The van der Waals surface area contributed by atoms with Gasteiger partial charge in [0.05, 0.1) is 30.9 Å². The van der Waals surface area contributed by atoms with Crippen molar-refractivity contribution in [2.45, 2.75) is 57.0 Å². The number of aromatic nitrogens is 2. The number of hydrogen-bond donors (Lipinski definition) is 2. The molecule has 1 aromatic heterocycles. The number of anilines is 2. The van der Waals surface area contributed by atoms with E-state index in [1.54, 1.807) is 25.6 Å². The van der Waals surface area contributed by atoms with E-state index in [0.717, 1.165) is 42.1 Å². The first kappa shape index (κ1) is 25.2. The van der Waals surface area contributed by atoms with E-state index in [4.69, 9.17) is 14.7 Å². The Bertz CT molecular complexity index is 1220. The molecule has 2 aliphatic rings. The van der Waals surface area contributed by atoms with Gasteiger partial charge < -0.3 is 20.1 Å². The van der Waals surface area contributed by atoms with E-state index in [1.165, 1.54) is 45.1 Å². The molecule has 0 saturated carbocycles. The summed E-state index contributed by atoms with van der Waals surface area (Å²) in [5.41, 5.74) is 2.25. The molecule has 1 atom stereocenters. The molecule has 0 radical (unpaired) electrons. The Morgan fingerprint density at radius 1 is 1.08 bits per heavy atom. The molecule has 37 heavy (non-hydrogen) atoms. The summed E-state index contributed by atoms with van der Waals surface area (Å²) in [5, 5.41) is 16.7. The molecule has 2 N–H and O–H groups in total. The maximum atomic E-state index is 9.03. The number of nitrogens with one attached hydrogen (secondary N) is 2. The van der Waals surface area contributed by atoms with E-state index in [2.05, 4.69) is 31.6 Å². The minimum atomic E-state index is 0.615. The number of ether oxygens (including phenoxy) is 2. The van der Waals surface area contributed by atoms with E-state index in [1.807, 2.05) is 24.3 Å². The van der Waals surface area contributed by atoms with Crippen LogP contribution in [0.2, 0.25) is 0 Å². The second-order valence-electron chi connectivity index (χ2n) is 9.92. The molecule has 8 nitrogen and oxygen atoms in total. The van der Waals surface area contributed by atoms with Crippen LogP contribution in [0.15, 0.2) is 42.7 Å². The van der Waals surface area contributed by atoms with Gasteiger partial charge in [0.2, 0.25) is 0 Å². The van der Waals surface area contributed by atoms with E-state index >= 15 is 0 Å². The number of piperidine rings is 2. The number of nitriles is 1. The van der Waals surface area contributed by atoms with Gasteiger partial charge in [-0.05, 0) is 88.5 Å². The molecule has 0 spiro atoms. The topological polar surface area (TPSA) is 95.3 Å². The molecule has 3 aromatic rings. The molecule has 0 aliphatic carbocycles. The third kappa shape index (κ3) is 6.12. The smallest absolute Gasteiger partial charge is 0.163 e. The predicted molar refractivity (Wildman–Crippen MR) is 145 cm³/mol. The van der Waals surface area contributed by atoms with Crippen molar-refractivity contribution in [1.29, 1.82) is 5.26 Å². The second kappa shape index (κ2) is 12.2. The average Bonchev–Trinajstić information content (AvgIpc) is 2.96. The van der Waals surface area contributed by atoms with Crippen LogP contribution >= 0.6 is 0 Å². The van der Waals surface area contributed by atoms with Gasteiger partial charge >= 0.3 is 0 Å². The SMILES string of the molecule is COc1cc2c(Nc3ccc(C#N)cc3)ncnc2cc1OCCCC1CCCCN1C1CCNCC1. The fourth-order valence-corrected chi connectivity index (χ4v) is 5.65. The molecule has 0 amide bonds. The van der Waals surface area contributed by atoms with Gasteiger partial charge in [-0.15, -0.1) is 0 Å². The normalized spacial score (nSPS) is 18.9. The molecule has 3 heterocycles. The van der Waals surface area contributed by atoms with Crippen LogP contribution in [0.5, 0.6) is 11.5 Å². The van der Waals surface area contributed by atoms with Gasteiger partial charge in [0.15, 0.2) is 11.5 Å². The maximum Gasteiger partial charge on any atom is 0.163 e. The maximum absolute atomic E-state index is 9.03. The Labute approximate surface area is 219 Å². The molecule has 8 heteroatoms. The summed E-state index contributed by atoms with van der Waals surface area (Å²) in [6, 6.07) is 14.7. The third-order valence-corrected chi connectivity index (χ3v) is 7.59. The van der Waals surface area contributed by atoms with Crippen LogP contribution in [-0.2, 0) is 0 Å². The van der Waals surface area contributed by atoms with Crippen LogP contribution in [-0.4, -0.2) is 60.3 Å². The highest BCUT2D eigenvalue weighted by Gasteiger charge is 2.29. The molecule has 2 saturated heterocycles. The summed E-state index contributed by atoms with van der Waals surface area (Å²) in [6.45, 7) is 4.19. The zero-order chi connectivity index (χ0) is 25.5. The quantitative estimate of drug-likeness (QED) is 0.396. The van der Waals surface area contributed by atoms with E-state index in [-0.39, 0.29) is 0 Å². The minimum absolute atomic E-state index is 0.615. The van der Waals surface area contributed by atoms with Crippen LogP contribution in [0.1, 0.15) is 50.5 Å². The molecule has 194 valence electrons. The van der Waals surface area contributed by atoms with E-state index in [0.29, 0.717) is 35.5 Å². The first-order chi connectivity index (χ1) is 18.2. The van der Waals surface area contributed by atoms with Crippen molar-refractivity contribution in [1.82, 2.24) is 20.2 Å². The van der Waals surface area contributed by atoms with Crippen molar-refractivity contribution in [3.05, 3.63) is 48.3 Å². The molecule has 2 aliphatic heterocycles. The van der Waals surface area contributed by atoms with Crippen LogP contribution < -0.4 is 20.1 Å². The molecular formula is C29H36N6O2. The fraction of sp³-hybridized carbons (Fsp3) is 0.483. The van der Waals surface area contributed by atoms with Gasteiger partial charge in [-0.25, -0.2) is 9.97 Å². The summed E-state index contributed by atoms with van der Waals surface area (Å²) in [6.07, 6.45) is 10.2. The van der Waals surface area contributed by atoms with Crippen molar-refractivity contribution >= 4 is 22.4 Å². The molecule has 2 fully saturated rings. The minimum Gasteiger partial charge on any atom is -0.493 e. The summed E-state index contributed by atoms with van der Waals surface area (Å²) in [7, 11) is 1.66. The Kier molecular flexibility index (Phi) is 8.34. The van der Waals surface area contributed by atoms with Crippen molar-refractivity contribution in [3.8, 4) is 17.6 Å². The Hall–Kier alpha value is -3.41. The lowest BCUT2D eigenvalue weighted by atomic mass is 9.93. The first-order valence-corrected chi connectivity index (χ1v) is 13.4. The number of fused-ring (bicyclic) bond motifs is 1. The van der Waals surface area contributed by atoms with E-state index < -0.39 is 0 Å².